The topological polar surface area (TPSA) is 38.3 Å². The second-order valence-corrected chi connectivity index (χ2v) is 4.01. The molecular formula is C13H19NO2. The Kier molecular flexibility index (Phi) is 4.99. The highest BCUT2D eigenvalue weighted by Crippen LogP contribution is 2.12. The summed E-state index contributed by atoms with van der Waals surface area (Å²) >= 11 is 0. The minimum atomic E-state index is 0.163. The van der Waals surface area contributed by atoms with E-state index in [2.05, 4.69) is 19.2 Å². The minimum absolute atomic E-state index is 0.163. The highest BCUT2D eigenvalue weighted by Gasteiger charge is 2.05. The van der Waals surface area contributed by atoms with Crippen molar-refractivity contribution in [3.63, 3.8) is 0 Å². The van der Waals surface area contributed by atoms with E-state index in [1.54, 1.807) is 19.2 Å². The average molecular weight is 221 g/mol. The van der Waals surface area contributed by atoms with Gasteiger partial charge in [-0.25, -0.2) is 0 Å². The third-order valence-corrected chi connectivity index (χ3v) is 2.32. The van der Waals surface area contributed by atoms with Crippen LogP contribution in [0.3, 0.4) is 0 Å². The maximum Gasteiger partial charge on any atom is 0.164 e. The minimum Gasteiger partial charge on any atom is -0.497 e. The number of rotatable bonds is 6. The first kappa shape index (κ1) is 12.7. The van der Waals surface area contributed by atoms with Crippen molar-refractivity contribution in [1.29, 1.82) is 0 Å². The predicted molar refractivity (Wildman–Crippen MR) is 65.1 cm³/mol. The van der Waals surface area contributed by atoms with Gasteiger partial charge >= 0.3 is 0 Å². The van der Waals surface area contributed by atoms with Gasteiger partial charge in [0.2, 0.25) is 0 Å². The average Bonchev–Trinajstić information content (AvgIpc) is 2.28. The molecule has 3 heteroatoms. The van der Waals surface area contributed by atoms with E-state index < -0.39 is 0 Å². The summed E-state index contributed by atoms with van der Waals surface area (Å²) in [5.41, 5.74) is 0.742. The molecule has 0 atom stereocenters. The monoisotopic (exact) mass is 221 g/mol. The van der Waals surface area contributed by atoms with Gasteiger partial charge in [0.15, 0.2) is 5.78 Å². The summed E-state index contributed by atoms with van der Waals surface area (Å²) in [4.78, 5) is 11.7. The fourth-order valence-electron chi connectivity index (χ4n) is 1.40. The van der Waals surface area contributed by atoms with E-state index in [1.165, 1.54) is 0 Å². The zero-order valence-electron chi connectivity index (χ0n) is 10.1. The van der Waals surface area contributed by atoms with Crippen LogP contribution in [0.25, 0.3) is 0 Å². The Morgan fingerprint density at radius 1 is 1.31 bits per heavy atom. The molecule has 0 saturated carbocycles. The molecule has 88 valence electrons. The Bertz CT molecular complexity index is 330. The fourth-order valence-corrected chi connectivity index (χ4v) is 1.40. The molecule has 0 aliphatic heterocycles. The van der Waals surface area contributed by atoms with Crippen molar-refractivity contribution in [3.8, 4) is 5.75 Å². The molecule has 0 fully saturated rings. The van der Waals surface area contributed by atoms with Gasteiger partial charge < -0.3 is 10.1 Å². The van der Waals surface area contributed by atoms with Crippen LogP contribution in [0.15, 0.2) is 24.3 Å². The quantitative estimate of drug-likeness (QED) is 0.749. The van der Waals surface area contributed by atoms with Crippen molar-refractivity contribution in [2.75, 3.05) is 13.7 Å². The second-order valence-electron chi connectivity index (χ2n) is 4.01. The van der Waals surface area contributed by atoms with Gasteiger partial charge in [-0.1, -0.05) is 13.8 Å². The summed E-state index contributed by atoms with van der Waals surface area (Å²) in [5, 5.41) is 3.22. The molecule has 3 nitrogen and oxygen atoms in total. The second kappa shape index (κ2) is 6.28. The molecule has 1 aromatic carbocycles. The van der Waals surface area contributed by atoms with Gasteiger partial charge in [-0.2, -0.15) is 0 Å². The van der Waals surface area contributed by atoms with E-state index in [0.717, 1.165) is 17.9 Å². The normalized spacial score (nSPS) is 10.5. The van der Waals surface area contributed by atoms with Gasteiger partial charge in [0.05, 0.1) is 7.11 Å². The molecule has 1 N–H and O–H groups in total. The van der Waals surface area contributed by atoms with Crippen molar-refractivity contribution < 1.29 is 9.53 Å². The largest absolute Gasteiger partial charge is 0.497 e. The molecule has 16 heavy (non-hydrogen) atoms. The molecule has 1 aromatic rings. The van der Waals surface area contributed by atoms with Crippen LogP contribution in [0.1, 0.15) is 30.6 Å². The first-order valence-corrected chi connectivity index (χ1v) is 5.54. The van der Waals surface area contributed by atoms with Gasteiger partial charge in [-0.3, -0.25) is 4.79 Å². The van der Waals surface area contributed by atoms with Crippen LogP contribution < -0.4 is 10.1 Å². The first-order chi connectivity index (χ1) is 7.63. The number of hydrogen-bond donors (Lipinski definition) is 1. The van der Waals surface area contributed by atoms with Gasteiger partial charge in [0, 0.05) is 24.6 Å². The lowest BCUT2D eigenvalue weighted by Gasteiger charge is -2.07. The lowest BCUT2D eigenvalue weighted by atomic mass is 10.1. The van der Waals surface area contributed by atoms with E-state index in [0.29, 0.717) is 12.5 Å². The van der Waals surface area contributed by atoms with Crippen LogP contribution in [0.5, 0.6) is 5.75 Å². The summed E-state index contributed by atoms with van der Waals surface area (Å²) in [6.07, 6.45) is 0.532. The van der Waals surface area contributed by atoms with E-state index in [9.17, 15) is 4.79 Å². The summed E-state index contributed by atoms with van der Waals surface area (Å²) < 4.78 is 5.04. The van der Waals surface area contributed by atoms with E-state index in [-0.39, 0.29) is 5.78 Å². The van der Waals surface area contributed by atoms with Gasteiger partial charge in [0.25, 0.3) is 0 Å². The van der Waals surface area contributed by atoms with Gasteiger partial charge in [-0.15, -0.1) is 0 Å². The first-order valence-electron chi connectivity index (χ1n) is 5.54. The number of benzene rings is 1. The molecule has 0 spiro atoms. The molecular weight excluding hydrogens is 202 g/mol. The van der Waals surface area contributed by atoms with Crippen molar-refractivity contribution in [1.82, 2.24) is 5.32 Å². The zero-order valence-corrected chi connectivity index (χ0v) is 10.1. The lowest BCUT2D eigenvalue weighted by molar-refractivity contribution is 0.0982. The zero-order chi connectivity index (χ0) is 12.0. The Hall–Kier alpha value is -1.35. The fraction of sp³-hybridized carbons (Fsp3) is 0.462. The highest BCUT2D eigenvalue weighted by atomic mass is 16.5. The molecule has 0 saturated heterocycles. The SMILES string of the molecule is COc1ccc(C(=O)CCNC(C)C)cc1. The van der Waals surface area contributed by atoms with Crippen LogP contribution in [0.4, 0.5) is 0 Å². The number of methoxy groups -OCH3 is 1. The van der Waals surface area contributed by atoms with Crippen LogP contribution >= 0.6 is 0 Å². The maximum absolute atomic E-state index is 11.7. The molecule has 0 amide bonds. The number of ether oxygens (including phenoxy) is 1. The van der Waals surface area contributed by atoms with E-state index in [4.69, 9.17) is 4.74 Å². The van der Waals surface area contributed by atoms with Crippen LogP contribution in [-0.2, 0) is 0 Å². The molecule has 0 aromatic heterocycles. The number of nitrogens with one attached hydrogen (secondary N) is 1. The summed E-state index contributed by atoms with van der Waals surface area (Å²) in [6.45, 7) is 4.86. The Morgan fingerprint density at radius 2 is 1.94 bits per heavy atom. The van der Waals surface area contributed by atoms with E-state index in [1.807, 2.05) is 12.1 Å². The molecule has 0 radical (unpaired) electrons. The van der Waals surface area contributed by atoms with Crippen LogP contribution in [0, 0.1) is 0 Å². The smallest absolute Gasteiger partial charge is 0.164 e. The van der Waals surface area contributed by atoms with Gasteiger partial charge in [0.1, 0.15) is 5.75 Å². The Balaban J connectivity index is 2.46. The molecule has 0 bridgehead atoms. The third-order valence-electron chi connectivity index (χ3n) is 2.32. The summed E-state index contributed by atoms with van der Waals surface area (Å²) in [7, 11) is 1.61. The molecule has 1 rings (SSSR count). The number of Topliss-reactive ketones (excluding diaryl/α,β-unsaturated/α-hetero) is 1. The Labute approximate surface area is 96.8 Å². The lowest BCUT2D eigenvalue weighted by Crippen LogP contribution is -2.25. The van der Waals surface area contributed by atoms with Crippen LogP contribution in [-0.4, -0.2) is 25.5 Å². The highest BCUT2D eigenvalue weighted by molar-refractivity contribution is 5.96. The summed E-state index contributed by atoms with van der Waals surface area (Å²) in [6, 6.07) is 7.64. The van der Waals surface area contributed by atoms with Crippen molar-refractivity contribution in [2.45, 2.75) is 26.3 Å². The number of hydrogen-bond acceptors (Lipinski definition) is 3. The molecule has 0 aliphatic carbocycles. The van der Waals surface area contributed by atoms with Crippen LogP contribution in [0.2, 0.25) is 0 Å². The van der Waals surface area contributed by atoms with Gasteiger partial charge in [-0.05, 0) is 24.3 Å². The van der Waals surface area contributed by atoms with Crippen molar-refractivity contribution >= 4 is 5.78 Å². The maximum atomic E-state index is 11.7. The Morgan fingerprint density at radius 3 is 2.44 bits per heavy atom. The molecule has 0 heterocycles. The molecule has 0 aliphatic rings. The number of ketones is 1. The number of carbonyl (C=O) groups is 1. The van der Waals surface area contributed by atoms with E-state index >= 15 is 0 Å². The number of carbonyl (C=O) groups excluding carboxylic acids is 1. The molecule has 0 unspecified atom stereocenters. The van der Waals surface area contributed by atoms with Crippen molar-refractivity contribution in [3.05, 3.63) is 29.8 Å². The predicted octanol–water partition coefficient (Wildman–Crippen LogP) is 2.27. The summed E-state index contributed by atoms with van der Waals surface area (Å²) in [5.74, 6) is 0.938. The van der Waals surface area contributed by atoms with Crippen molar-refractivity contribution in [2.24, 2.45) is 0 Å². The third kappa shape index (κ3) is 4.03. The standard InChI is InChI=1S/C13H19NO2/c1-10(2)14-9-8-13(15)11-4-6-12(16-3)7-5-11/h4-7,10,14H,8-9H2,1-3H3.